The number of nitrogens with one attached hydrogen (secondary N) is 1. The van der Waals surface area contributed by atoms with Crippen LogP contribution >= 0.6 is 11.6 Å². The smallest absolute Gasteiger partial charge is 0.129 e. The van der Waals surface area contributed by atoms with Gasteiger partial charge >= 0.3 is 0 Å². The van der Waals surface area contributed by atoms with E-state index in [1.54, 1.807) is 16.8 Å². The summed E-state index contributed by atoms with van der Waals surface area (Å²) in [7, 11) is 0. The van der Waals surface area contributed by atoms with Crippen LogP contribution in [0.25, 0.3) is 0 Å². The molecule has 0 atom stereocenters. The molecule has 0 fully saturated rings. The van der Waals surface area contributed by atoms with Crippen LogP contribution in [0.5, 0.6) is 0 Å². The lowest BCUT2D eigenvalue weighted by atomic mass is 10.1. The van der Waals surface area contributed by atoms with Gasteiger partial charge in [0.15, 0.2) is 0 Å². The minimum absolute atomic E-state index is 0.0477. The topological polar surface area (TPSA) is 29.9 Å². The second-order valence-electron chi connectivity index (χ2n) is 5.84. The van der Waals surface area contributed by atoms with E-state index in [0.717, 1.165) is 5.69 Å². The maximum Gasteiger partial charge on any atom is 0.129 e. The van der Waals surface area contributed by atoms with Gasteiger partial charge in [-0.2, -0.15) is 5.10 Å². The van der Waals surface area contributed by atoms with Crippen molar-refractivity contribution in [2.24, 2.45) is 0 Å². The van der Waals surface area contributed by atoms with Crippen LogP contribution < -0.4 is 5.32 Å². The summed E-state index contributed by atoms with van der Waals surface area (Å²) < 4.78 is 15.4. The fourth-order valence-electron chi connectivity index (χ4n) is 1.77. The van der Waals surface area contributed by atoms with Gasteiger partial charge in [0, 0.05) is 28.9 Å². The molecule has 0 bridgehead atoms. The van der Waals surface area contributed by atoms with Crippen LogP contribution in [0.1, 0.15) is 32.0 Å². The fourth-order valence-corrected chi connectivity index (χ4v) is 1.93. The minimum atomic E-state index is -0.303. The maximum absolute atomic E-state index is 13.7. The molecule has 0 radical (unpaired) electrons. The van der Waals surface area contributed by atoms with Crippen molar-refractivity contribution in [3.63, 3.8) is 0 Å². The number of hydrogen-bond acceptors (Lipinski definition) is 2. The first-order chi connectivity index (χ1) is 9.33. The van der Waals surface area contributed by atoms with E-state index in [4.69, 9.17) is 11.6 Å². The molecule has 2 rings (SSSR count). The van der Waals surface area contributed by atoms with E-state index in [0.29, 0.717) is 23.7 Å². The van der Waals surface area contributed by atoms with E-state index < -0.39 is 0 Å². The van der Waals surface area contributed by atoms with Crippen LogP contribution in [0.3, 0.4) is 0 Å². The summed E-state index contributed by atoms with van der Waals surface area (Å²) in [5.74, 6) is -0.303. The summed E-state index contributed by atoms with van der Waals surface area (Å²) in [4.78, 5) is 0. The molecule has 0 aliphatic heterocycles. The molecule has 0 amide bonds. The number of aromatic nitrogens is 2. The van der Waals surface area contributed by atoms with E-state index >= 15 is 0 Å². The number of rotatable bonds is 4. The highest BCUT2D eigenvalue weighted by Crippen LogP contribution is 2.15. The van der Waals surface area contributed by atoms with Gasteiger partial charge in [-0.25, -0.2) is 4.39 Å². The molecule has 108 valence electrons. The third-order valence-electron chi connectivity index (χ3n) is 2.84. The Labute approximate surface area is 123 Å². The summed E-state index contributed by atoms with van der Waals surface area (Å²) in [6, 6.07) is 6.63. The summed E-state index contributed by atoms with van der Waals surface area (Å²) in [5.41, 5.74) is 1.56. The lowest BCUT2D eigenvalue weighted by Gasteiger charge is -2.19. The Kier molecular flexibility index (Phi) is 4.45. The van der Waals surface area contributed by atoms with Crippen LogP contribution in [-0.4, -0.2) is 15.3 Å². The molecule has 0 unspecified atom stereocenters. The zero-order valence-electron chi connectivity index (χ0n) is 12.0. The van der Waals surface area contributed by atoms with Gasteiger partial charge in [-0.3, -0.25) is 4.68 Å². The molecule has 0 aliphatic rings. The number of benzene rings is 1. The van der Waals surface area contributed by atoms with Gasteiger partial charge in [-0.15, -0.1) is 0 Å². The molecule has 0 saturated heterocycles. The van der Waals surface area contributed by atoms with Crippen molar-refractivity contribution < 1.29 is 4.39 Å². The van der Waals surface area contributed by atoms with Gasteiger partial charge in [-0.05, 0) is 39.0 Å². The molecule has 0 saturated carbocycles. The van der Waals surface area contributed by atoms with Crippen LogP contribution in [0.4, 0.5) is 4.39 Å². The van der Waals surface area contributed by atoms with Crippen molar-refractivity contribution in [2.75, 3.05) is 0 Å². The molecule has 1 aromatic carbocycles. The van der Waals surface area contributed by atoms with E-state index in [9.17, 15) is 4.39 Å². The molecular weight excluding hydrogens is 277 g/mol. The van der Waals surface area contributed by atoms with E-state index in [1.165, 1.54) is 6.07 Å². The Morgan fingerprint density at radius 1 is 1.30 bits per heavy atom. The maximum atomic E-state index is 13.7. The second-order valence-corrected chi connectivity index (χ2v) is 6.28. The third kappa shape index (κ3) is 4.32. The van der Waals surface area contributed by atoms with Gasteiger partial charge in [0.2, 0.25) is 0 Å². The van der Waals surface area contributed by atoms with Crippen molar-refractivity contribution >= 4 is 11.6 Å². The molecule has 1 heterocycles. The van der Waals surface area contributed by atoms with Gasteiger partial charge in [0.25, 0.3) is 0 Å². The molecule has 0 aliphatic carbocycles. The summed E-state index contributed by atoms with van der Waals surface area (Å²) in [6.07, 6.45) is 1.85. The first-order valence-corrected chi connectivity index (χ1v) is 6.92. The fraction of sp³-hybridized carbons (Fsp3) is 0.400. The zero-order chi connectivity index (χ0) is 14.8. The van der Waals surface area contributed by atoms with Gasteiger partial charge in [-0.1, -0.05) is 17.7 Å². The van der Waals surface area contributed by atoms with Crippen LogP contribution in [0.15, 0.2) is 30.5 Å². The predicted octanol–water partition coefficient (Wildman–Crippen LogP) is 3.61. The highest BCUT2D eigenvalue weighted by Gasteiger charge is 2.10. The summed E-state index contributed by atoms with van der Waals surface area (Å²) >= 11 is 5.74. The lowest BCUT2D eigenvalue weighted by molar-refractivity contribution is 0.419. The Morgan fingerprint density at radius 3 is 2.70 bits per heavy atom. The van der Waals surface area contributed by atoms with Crippen LogP contribution in [0.2, 0.25) is 5.02 Å². The van der Waals surface area contributed by atoms with E-state index in [1.807, 2.05) is 12.3 Å². The highest BCUT2D eigenvalue weighted by molar-refractivity contribution is 6.30. The van der Waals surface area contributed by atoms with Crippen molar-refractivity contribution in [3.8, 4) is 0 Å². The van der Waals surface area contributed by atoms with E-state index in [-0.39, 0.29) is 11.4 Å². The van der Waals surface area contributed by atoms with Gasteiger partial charge in [0.1, 0.15) is 5.82 Å². The molecule has 1 aromatic heterocycles. The molecule has 1 N–H and O–H groups in total. The first-order valence-electron chi connectivity index (χ1n) is 6.55. The number of hydrogen-bond donors (Lipinski definition) is 1. The largest absolute Gasteiger partial charge is 0.306 e. The highest BCUT2D eigenvalue weighted by atomic mass is 35.5. The predicted molar refractivity (Wildman–Crippen MR) is 79.3 cm³/mol. The third-order valence-corrected chi connectivity index (χ3v) is 3.08. The van der Waals surface area contributed by atoms with Crippen LogP contribution in [0, 0.1) is 5.82 Å². The molecule has 20 heavy (non-hydrogen) atoms. The Morgan fingerprint density at radius 2 is 2.05 bits per heavy atom. The Hall–Kier alpha value is -1.39. The minimum Gasteiger partial charge on any atom is -0.306 e. The first kappa shape index (κ1) is 15.0. The molecule has 5 heteroatoms. The van der Waals surface area contributed by atoms with E-state index in [2.05, 4.69) is 31.2 Å². The van der Waals surface area contributed by atoms with Gasteiger partial charge in [0.05, 0.1) is 12.2 Å². The molecule has 0 spiro atoms. The van der Waals surface area contributed by atoms with Gasteiger partial charge < -0.3 is 5.32 Å². The van der Waals surface area contributed by atoms with Crippen LogP contribution in [-0.2, 0) is 13.1 Å². The number of nitrogens with zero attached hydrogens (tertiary/aromatic N) is 2. The SMILES string of the molecule is CC(C)(C)NCc1ccn(Cc2ccc(Cl)cc2F)n1. The average Bonchev–Trinajstić information content (AvgIpc) is 2.77. The normalized spacial score (nSPS) is 11.8. The average molecular weight is 296 g/mol. The quantitative estimate of drug-likeness (QED) is 0.934. The summed E-state index contributed by atoms with van der Waals surface area (Å²) in [6.45, 7) is 7.41. The second kappa shape index (κ2) is 5.94. The Bertz CT molecular complexity index is 587. The standard InChI is InChI=1S/C15H19ClFN3/c1-15(2,3)18-9-13-6-7-20(19-13)10-11-4-5-12(16)8-14(11)17/h4-8,18H,9-10H2,1-3H3. The van der Waals surface area contributed by atoms with Crippen molar-refractivity contribution in [1.29, 1.82) is 0 Å². The lowest BCUT2D eigenvalue weighted by Crippen LogP contribution is -2.35. The zero-order valence-corrected chi connectivity index (χ0v) is 12.7. The molecule has 2 aromatic rings. The summed E-state index contributed by atoms with van der Waals surface area (Å²) in [5, 5.41) is 8.20. The number of halogens is 2. The molecular formula is C15H19ClFN3. The Balaban J connectivity index is 2.02. The molecule has 3 nitrogen and oxygen atoms in total. The monoisotopic (exact) mass is 295 g/mol. The van der Waals surface area contributed by atoms with Crippen molar-refractivity contribution in [2.45, 2.75) is 39.4 Å². The van der Waals surface area contributed by atoms with Crippen molar-refractivity contribution in [3.05, 3.63) is 52.6 Å². The van der Waals surface area contributed by atoms with Crippen molar-refractivity contribution in [1.82, 2.24) is 15.1 Å².